The van der Waals surface area contributed by atoms with E-state index in [1.165, 1.54) is 0 Å². The van der Waals surface area contributed by atoms with E-state index in [0.29, 0.717) is 11.8 Å². The maximum atomic E-state index is 11.9. The zero-order chi connectivity index (χ0) is 12.9. The lowest BCUT2D eigenvalue weighted by molar-refractivity contribution is 0.364. The molecule has 102 valence electrons. The van der Waals surface area contributed by atoms with Crippen molar-refractivity contribution in [1.29, 1.82) is 0 Å². The molecule has 0 saturated carbocycles. The van der Waals surface area contributed by atoms with Crippen molar-refractivity contribution in [2.24, 2.45) is 11.8 Å². The molecule has 0 spiro atoms. The van der Waals surface area contributed by atoms with E-state index in [-0.39, 0.29) is 11.8 Å². The van der Waals surface area contributed by atoms with E-state index < -0.39 is 10.0 Å². The van der Waals surface area contributed by atoms with Gasteiger partial charge in [0.15, 0.2) is 0 Å². The fraction of sp³-hybridized carbons (Fsp3) is 1.00. The first-order valence-electron chi connectivity index (χ1n) is 6.61. The molecule has 17 heavy (non-hydrogen) atoms. The second-order valence-corrected chi connectivity index (χ2v) is 7.32. The minimum atomic E-state index is -3.10. The van der Waals surface area contributed by atoms with Gasteiger partial charge in [-0.15, -0.1) is 0 Å². The van der Waals surface area contributed by atoms with Gasteiger partial charge in [0.05, 0.1) is 5.75 Å². The summed E-state index contributed by atoms with van der Waals surface area (Å²) in [6.07, 6.45) is 3.01. The molecule has 1 atom stereocenters. The lowest BCUT2D eigenvalue weighted by Gasteiger charge is -2.23. The summed E-state index contributed by atoms with van der Waals surface area (Å²) in [6, 6.07) is 0.0213. The van der Waals surface area contributed by atoms with Crippen molar-refractivity contribution in [1.82, 2.24) is 10.0 Å². The van der Waals surface area contributed by atoms with Gasteiger partial charge in [-0.25, -0.2) is 13.1 Å². The number of hydrogen-bond acceptors (Lipinski definition) is 3. The molecule has 5 heteroatoms. The van der Waals surface area contributed by atoms with Crippen LogP contribution in [-0.2, 0) is 10.0 Å². The third kappa shape index (κ3) is 5.84. The molecule has 1 unspecified atom stereocenters. The highest BCUT2D eigenvalue weighted by atomic mass is 32.2. The molecular weight excluding hydrogens is 236 g/mol. The molecule has 0 bridgehead atoms. The van der Waals surface area contributed by atoms with Gasteiger partial charge in [-0.1, -0.05) is 13.8 Å². The smallest absolute Gasteiger partial charge is 0.211 e. The second kappa shape index (κ2) is 6.71. The maximum Gasteiger partial charge on any atom is 0.211 e. The summed E-state index contributed by atoms with van der Waals surface area (Å²) < 4.78 is 26.5. The van der Waals surface area contributed by atoms with E-state index in [0.717, 1.165) is 32.4 Å². The number of hydrogen-bond donors (Lipinski definition) is 2. The van der Waals surface area contributed by atoms with Crippen molar-refractivity contribution in [2.45, 2.75) is 46.1 Å². The standard InChI is InChI=1S/C12H26N2O2S/c1-10(2)11(3)14-17(15,16)9-6-12-4-7-13-8-5-12/h10-14H,4-9H2,1-3H3. The summed E-state index contributed by atoms with van der Waals surface area (Å²) in [6.45, 7) is 8.04. The molecule has 2 N–H and O–H groups in total. The van der Waals surface area contributed by atoms with Gasteiger partial charge >= 0.3 is 0 Å². The van der Waals surface area contributed by atoms with Crippen molar-refractivity contribution in [3.63, 3.8) is 0 Å². The zero-order valence-electron chi connectivity index (χ0n) is 11.2. The Hall–Kier alpha value is -0.130. The van der Waals surface area contributed by atoms with E-state index in [1.54, 1.807) is 0 Å². The average Bonchev–Trinajstić information content (AvgIpc) is 2.27. The summed E-state index contributed by atoms with van der Waals surface area (Å²) >= 11 is 0. The molecule has 0 radical (unpaired) electrons. The molecule has 0 aromatic rings. The highest BCUT2D eigenvalue weighted by molar-refractivity contribution is 7.89. The Morgan fingerprint density at radius 2 is 1.82 bits per heavy atom. The van der Waals surface area contributed by atoms with E-state index in [2.05, 4.69) is 10.0 Å². The monoisotopic (exact) mass is 262 g/mol. The van der Waals surface area contributed by atoms with E-state index in [1.807, 2.05) is 20.8 Å². The Morgan fingerprint density at radius 3 is 2.35 bits per heavy atom. The van der Waals surface area contributed by atoms with Gasteiger partial charge in [0.25, 0.3) is 0 Å². The molecule has 0 amide bonds. The molecule has 1 saturated heterocycles. The van der Waals surface area contributed by atoms with Gasteiger partial charge in [0, 0.05) is 6.04 Å². The summed E-state index contributed by atoms with van der Waals surface area (Å²) in [7, 11) is -3.10. The Kier molecular flexibility index (Phi) is 5.89. The first-order chi connectivity index (χ1) is 7.91. The average molecular weight is 262 g/mol. The largest absolute Gasteiger partial charge is 0.317 e. The summed E-state index contributed by atoms with van der Waals surface area (Å²) in [5.74, 6) is 1.18. The Balaban J connectivity index is 2.33. The van der Waals surface area contributed by atoms with Crippen molar-refractivity contribution < 1.29 is 8.42 Å². The molecule has 1 aliphatic rings. The molecule has 0 aromatic carbocycles. The van der Waals surface area contributed by atoms with Gasteiger partial charge in [0.2, 0.25) is 10.0 Å². The minimum absolute atomic E-state index is 0.0213. The van der Waals surface area contributed by atoms with Gasteiger partial charge in [0.1, 0.15) is 0 Å². The van der Waals surface area contributed by atoms with Gasteiger partial charge < -0.3 is 5.32 Å². The number of sulfonamides is 1. The van der Waals surface area contributed by atoms with Crippen LogP contribution in [0.25, 0.3) is 0 Å². The fourth-order valence-corrected chi connectivity index (χ4v) is 3.57. The van der Waals surface area contributed by atoms with Gasteiger partial charge in [-0.3, -0.25) is 0 Å². The van der Waals surface area contributed by atoms with Gasteiger partial charge in [-0.2, -0.15) is 0 Å². The topological polar surface area (TPSA) is 58.2 Å². The number of rotatable bonds is 6. The summed E-state index contributed by atoms with van der Waals surface area (Å²) in [4.78, 5) is 0. The Morgan fingerprint density at radius 1 is 1.24 bits per heavy atom. The minimum Gasteiger partial charge on any atom is -0.317 e. The van der Waals surface area contributed by atoms with Crippen LogP contribution in [-0.4, -0.2) is 33.3 Å². The third-order valence-electron chi connectivity index (χ3n) is 3.62. The Bertz CT molecular complexity index is 308. The summed E-state index contributed by atoms with van der Waals surface area (Å²) in [5.41, 5.74) is 0. The number of piperidine rings is 1. The van der Waals surface area contributed by atoms with Crippen LogP contribution in [0, 0.1) is 11.8 Å². The predicted molar refractivity (Wildman–Crippen MR) is 71.4 cm³/mol. The molecule has 1 rings (SSSR count). The molecule has 1 aliphatic heterocycles. The lowest BCUT2D eigenvalue weighted by atomic mass is 9.96. The predicted octanol–water partition coefficient (Wildman–Crippen LogP) is 1.34. The van der Waals surface area contributed by atoms with E-state index in [4.69, 9.17) is 0 Å². The van der Waals surface area contributed by atoms with Crippen molar-refractivity contribution >= 4 is 10.0 Å². The fourth-order valence-electron chi connectivity index (χ4n) is 1.97. The molecule has 0 aromatic heterocycles. The van der Waals surface area contributed by atoms with Crippen LogP contribution in [0.3, 0.4) is 0 Å². The lowest BCUT2D eigenvalue weighted by Crippen LogP contribution is -2.38. The molecule has 1 heterocycles. The molecular formula is C12H26N2O2S. The molecule has 1 fully saturated rings. The maximum absolute atomic E-state index is 11.9. The van der Waals surface area contributed by atoms with Crippen LogP contribution in [0.4, 0.5) is 0 Å². The van der Waals surface area contributed by atoms with Crippen LogP contribution >= 0.6 is 0 Å². The third-order valence-corrected chi connectivity index (χ3v) is 5.12. The molecule has 0 aliphatic carbocycles. The van der Waals surface area contributed by atoms with E-state index in [9.17, 15) is 8.42 Å². The highest BCUT2D eigenvalue weighted by Gasteiger charge is 2.20. The van der Waals surface area contributed by atoms with Crippen LogP contribution < -0.4 is 10.0 Å². The van der Waals surface area contributed by atoms with Crippen LogP contribution in [0.2, 0.25) is 0 Å². The first-order valence-corrected chi connectivity index (χ1v) is 8.26. The van der Waals surface area contributed by atoms with Crippen molar-refractivity contribution in [3.8, 4) is 0 Å². The first kappa shape index (κ1) is 14.9. The number of nitrogens with one attached hydrogen (secondary N) is 2. The zero-order valence-corrected chi connectivity index (χ0v) is 12.0. The van der Waals surface area contributed by atoms with Crippen molar-refractivity contribution in [2.75, 3.05) is 18.8 Å². The van der Waals surface area contributed by atoms with Gasteiger partial charge in [-0.05, 0) is 51.1 Å². The quantitative estimate of drug-likeness (QED) is 0.759. The summed E-state index contributed by atoms with van der Waals surface area (Å²) in [5, 5.41) is 3.29. The SMILES string of the molecule is CC(C)C(C)NS(=O)(=O)CCC1CCNCC1. The second-order valence-electron chi connectivity index (χ2n) is 5.45. The highest BCUT2D eigenvalue weighted by Crippen LogP contribution is 2.16. The van der Waals surface area contributed by atoms with Crippen LogP contribution in [0.1, 0.15) is 40.0 Å². The van der Waals surface area contributed by atoms with Crippen molar-refractivity contribution in [3.05, 3.63) is 0 Å². The normalized spacial score (nSPS) is 20.7. The Labute approximate surface area is 106 Å². The van der Waals surface area contributed by atoms with Crippen LogP contribution in [0.5, 0.6) is 0 Å². The van der Waals surface area contributed by atoms with Crippen LogP contribution in [0.15, 0.2) is 0 Å². The van der Waals surface area contributed by atoms with E-state index >= 15 is 0 Å². The molecule has 4 nitrogen and oxygen atoms in total.